The van der Waals surface area contributed by atoms with Gasteiger partial charge in [-0.2, -0.15) is 20.4 Å². The number of unbranched alkanes of at least 4 members (excludes halogenated alkanes) is 1. The Balaban J connectivity index is 0.000000110. The fraction of sp³-hybridized carbons (Fsp3) is 0.127. The summed E-state index contributed by atoms with van der Waals surface area (Å²) in [6, 6.07) is 40.4. The van der Waals surface area contributed by atoms with Crippen LogP contribution in [0.3, 0.4) is 0 Å². The lowest BCUT2D eigenvalue weighted by Gasteiger charge is -2.24. The van der Waals surface area contributed by atoms with E-state index in [-0.39, 0.29) is 58.7 Å². The normalized spacial score (nSPS) is 12.4. The van der Waals surface area contributed by atoms with Crippen molar-refractivity contribution in [3.05, 3.63) is 293 Å². The smallest absolute Gasteiger partial charge is 0.227 e. The molecule has 2 aliphatic rings. The number of halogens is 4. The number of hydrogen-bond acceptors (Lipinski definition) is 24. The number of hydrogen-bond donors (Lipinski definition) is 12. The monoisotopic (exact) mass is 1990 g/mol. The molecule has 0 saturated heterocycles. The number of imidazole rings is 4. The predicted octanol–water partition coefficient (Wildman–Crippen LogP) is 22.0. The highest BCUT2D eigenvalue weighted by Gasteiger charge is 2.31. The number of aromatic amines is 8. The molecule has 0 radical (unpaired) electrons. The Hall–Kier alpha value is -20.0. The third-order valence-electron chi connectivity index (χ3n) is 25.8. The molecule has 20 aromatic heterocycles. The number of nitrogens with zero attached hydrogens (tertiary/aromatic N) is 20. The van der Waals surface area contributed by atoms with Crippen LogP contribution in [0.25, 0.3) is 223 Å². The number of amides is 4. The number of aromatic nitrogens is 28. The average molecular weight is 1990 g/mol. The molecule has 26 rings (SSSR count). The summed E-state index contributed by atoms with van der Waals surface area (Å²) in [4.78, 5) is 134. The van der Waals surface area contributed by atoms with Crippen molar-refractivity contribution in [2.45, 2.75) is 78.1 Å². The van der Waals surface area contributed by atoms with E-state index in [1.165, 1.54) is 48.5 Å². The predicted molar refractivity (Wildman–Crippen MR) is 561 cm³/mol. The largest absolute Gasteiger partial charge is 0.335 e. The van der Waals surface area contributed by atoms with Gasteiger partial charge in [0.1, 0.15) is 46.0 Å². The first kappa shape index (κ1) is 93.7. The van der Waals surface area contributed by atoms with Crippen LogP contribution < -0.4 is 21.3 Å². The van der Waals surface area contributed by atoms with Gasteiger partial charge in [0.25, 0.3) is 0 Å². The molecule has 4 amide bonds. The molecular formula is C110H84F4N32O4. The van der Waals surface area contributed by atoms with Gasteiger partial charge < -0.3 is 41.2 Å². The molecule has 36 nitrogen and oxygen atoms in total. The van der Waals surface area contributed by atoms with Crippen LogP contribution in [0.5, 0.6) is 0 Å². The number of benzene rings is 4. The lowest BCUT2D eigenvalue weighted by atomic mass is 9.85. The zero-order valence-electron chi connectivity index (χ0n) is 79.7. The van der Waals surface area contributed by atoms with Crippen molar-refractivity contribution < 1.29 is 36.7 Å². The second-order valence-corrected chi connectivity index (χ2v) is 36.2. The van der Waals surface area contributed by atoms with Gasteiger partial charge in [-0.3, -0.25) is 79.4 Å². The minimum Gasteiger partial charge on any atom is -0.335 e. The van der Waals surface area contributed by atoms with Gasteiger partial charge in [-0.25, -0.2) is 57.4 Å². The highest BCUT2D eigenvalue weighted by atomic mass is 19.1. The first-order chi connectivity index (χ1) is 73.4. The Morgan fingerprint density at radius 3 is 0.807 bits per heavy atom. The molecule has 736 valence electrons. The third kappa shape index (κ3) is 19.7. The summed E-state index contributed by atoms with van der Waals surface area (Å²) in [6.45, 7) is 4.01. The van der Waals surface area contributed by atoms with Crippen LogP contribution in [-0.4, -0.2) is 164 Å². The fourth-order valence-corrected chi connectivity index (χ4v) is 17.7. The molecule has 0 aliphatic heterocycles. The maximum absolute atomic E-state index is 13.5. The van der Waals surface area contributed by atoms with E-state index < -0.39 is 0 Å². The van der Waals surface area contributed by atoms with Crippen molar-refractivity contribution in [3.8, 4) is 135 Å². The first-order valence-corrected chi connectivity index (χ1v) is 48.2. The van der Waals surface area contributed by atoms with E-state index in [0.29, 0.717) is 126 Å². The molecule has 20 heterocycles. The van der Waals surface area contributed by atoms with E-state index in [0.717, 1.165) is 184 Å². The van der Waals surface area contributed by atoms with E-state index in [1.807, 2.05) is 55.5 Å². The van der Waals surface area contributed by atoms with Gasteiger partial charge >= 0.3 is 0 Å². The van der Waals surface area contributed by atoms with Crippen LogP contribution >= 0.6 is 0 Å². The topological polar surface area (TPSA) is 501 Å². The summed E-state index contributed by atoms with van der Waals surface area (Å²) in [5.74, 6) is 1.30. The van der Waals surface area contributed by atoms with Gasteiger partial charge in [0.15, 0.2) is 45.9 Å². The van der Waals surface area contributed by atoms with Crippen LogP contribution in [0.2, 0.25) is 0 Å². The second kappa shape index (κ2) is 40.7. The number of carbonyl (C=O) groups excluding carboxylic acids is 4. The molecule has 0 bridgehead atoms. The zero-order chi connectivity index (χ0) is 102. The molecule has 0 atom stereocenters. The summed E-state index contributed by atoms with van der Waals surface area (Å²) >= 11 is 0. The van der Waals surface area contributed by atoms with E-state index in [4.69, 9.17) is 19.9 Å². The number of carbonyl (C=O) groups is 4. The van der Waals surface area contributed by atoms with Crippen LogP contribution in [0, 0.1) is 35.1 Å². The molecule has 2 aliphatic carbocycles. The Morgan fingerprint density at radius 1 is 0.287 bits per heavy atom. The molecule has 2 saturated carbocycles. The standard InChI is InChI=1S/C28H21FN8O.C28H23FN8O.C27H19FN8O.C27H21FN8O/c29-19-6-4-15(5-7-19)22-13-31-14-23-24(22)35-27(34-23)25-21-9-18(11-32-26(21)37-36-25)17-8-20(12-30-10-17)33-28(38)16-2-1-3-16;1-2-3-4-24(38)33-20-9-17(11-30-13-20)18-10-21-26(36-37-27(21)32-12-18)28-34-23-15-31-14-22(25(23)35-28)16-5-7-19(29)8-6-16;28-18-5-3-14(4-6-18)21-12-30-13-22-23(21)34-26(33-22)24-20-8-17(10-31-25(20)36-35-24)16-7-19(11-29-9-16)32-27(37)15-1-2-15;1-2-3-23(37)32-19-8-16(10-29-12-19)17-9-20-25(35-36-26(20)31-11-17)27-33-22-14-30-13-21(24(22)34-27)15-4-6-18(28)7-5-15/h4-14,16H,1-3H2,(H,33,38)(H,34,35)(H,32,36,37);5-15H,2-4H2,1H3,(H,33,38)(H,34,35)(H,32,36,37);3-13,15H,1-2H2,(H,32,37)(H,33,34)(H,31,35,36);4-14H,2-3H2,1H3,(H,32,37)(H,33,34)(H,31,35,36). The number of H-pyrrole nitrogens is 8. The number of nitrogens with one attached hydrogen (secondary N) is 12. The van der Waals surface area contributed by atoms with Crippen LogP contribution in [0.4, 0.5) is 40.3 Å². The molecule has 0 unspecified atom stereocenters. The summed E-state index contributed by atoms with van der Waals surface area (Å²) in [6.07, 6.45) is 42.4. The van der Waals surface area contributed by atoms with Gasteiger partial charge in [0.05, 0.1) is 138 Å². The van der Waals surface area contributed by atoms with E-state index in [1.54, 1.807) is 172 Å². The molecule has 12 N–H and O–H groups in total. The Labute approximate surface area is 846 Å². The molecular weight excluding hydrogens is 1910 g/mol. The Kier molecular flexibility index (Phi) is 25.4. The SMILES string of the molecule is CCCC(=O)Nc1cncc(-c2cnc3n[nH]c(-c4nc5c(-c6ccc(F)cc6)cncc5[nH]4)c3c2)c1.CCCCC(=O)Nc1cncc(-c2cnc3n[nH]c(-c4nc5c(-c6ccc(F)cc6)cncc5[nH]4)c3c2)c1.O=C(Nc1cncc(-c2cnc3n[nH]c(-c4nc5c(-c6ccc(F)cc6)cncc5[nH]4)c3c2)c1)C1CC1.O=C(Nc1cncc(-c2cnc3n[nH]c(-c4nc5c(-c6ccc(F)cc6)cncc5[nH]4)c3c2)c1)C1CCC1. The summed E-state index contributed by atoms with van der Waals surface area (Å²) in [7, 11) is 0. The third-order valence-corrected chi connectivity index (χ3v) is 25.8. The number of fused-ring (bicyclic) bond motifs is 8. The molecule has 0 spiro atoms. The maximum Gasteiger partial charge on any atom is 0.227 e. The Morgan fingerprint density at radius 2 is 0.547 bits per heavy atom. The van der Waals surface area contributed by atoms with Gasteiger partial charge in [-0.1, -0.05) is 75.2 Å². The van der Waals surface area contributed by atoms with Gasteiger partial charge in [-0.05, 0) is 158 Å². The lowest BCUT2D eigenvalue weighted by molar-refractivity contribution is -0.122. The zero-order valence-corrected chi connectivity index (χ0v) is 79.7. The van der Waals surface area contributed by atoms with Crippen molar-refractivity contribution in [2.75, 3.05) is 21.3 Å². The van der Waals surface area contributed by atoms with Crippen molar-refractivity contribution >= 4 is 135 Å². The highest BCUT2D eigenvalue weighted by Crippen LogP contribution is 2.41. The van der Waals surface area contributed by atoms with Crippen molar-refractivity contribution in [1.82, 2.24) is 140 Å². The van der Waals surface area contributed by atoms with E-state index in [2.05, 4.69) is 149 Å². The molecule has 150 heavy (non-hydrogen) atoms. The van der Waals surface area contributed by atoms with Crippen LogP contribution in [0.15, 0.2) is 270 Å². The van der Waals surface area contributed by atoms with Crippen molar-refractivity contribution in [3.63, 3.8) is 0 Å². The number of anilines is 4. The highest BCUT2D eigenvalue weighted by molar-refractivity contribution is 6.04. The summed E-state index contributed by atoms with van der Waals surface area (Å²) in [5.41, 5.74) is 26.2. The molecule has 24 aromatic rings. The summed E-state index contributed by atoms with van der Waals surface area (Å²) in [5, 5.41) is 44.4. The Bertz CT molecular complexity index is 9270. The fourth-order valence-electron chi connectivity index (χ4n) is 17.7. The minimum absolute atomic E-state index is 0.0315. The van der Waals surface area contributed by atoms with E-state index in [9.17, 15) is 36.7 Å². The number of pyridine rings is 12. The quantitative estimate of drug-likeness (QED) is 0.0265. The first-order valence-electron chi connectivity index (χ1n) is 48.2. The molecule has 4 aromatic carbocycles. The van der Waals surface area contributed by atoms with Crippen molar-refractivity contribution in [2.24, 2.45) is 11.8 Å². The average Bonchev–Trinajstić information content (AvgIpc) is 1.62. The van der Waals surface area contributed by atoms with Gasteiger partial charge in [0, 0.05) is 166 Å². The molecule has 40 heteroatoms. The second-order valence-electron chi connectivity index (χ2n) is 36.2. The summed E-state index contributed by atoms with van der Waals surface area (Å²) < 4.78 is 53.8. The van der Waals surface area contributed by atoms with Crippen LogP contribution in [-0.2, 0) is 19.2 Å². The maximum atomic E-state index is 13.5. The van der Waals surface area contributed by atoms with Crippen molar-refractivity contribution in [1.29, 1.82) is 0 Å². The minimum atomic E-state index is -0.303. The lowest BCUT2D eigenvalue weighted by Crippen LogP contribution is -2.28. The molecule has 2 fully saturated rings. The van der Waals surface area contributed by atoms with E-state index >= 15 is 0 Å². The van der Waals surface area contributed by atoms with Gasteiger partial charge in [0.2, 0.25) is 23.6 Å². The van der Waals surface area contributed by atoms with Crippen LogP contribution in [0.1, 0.15) is 78.1 Å². The van der Waals surface area contributed by atoms with Gasteiger partial charge in [-0.15, -0.1) is 0 Å². The number of rotatable bonds is 23.